The maximum absolute atomic E-state index is 5.34. The summed E-state index contributed by atoms with van der Waals surface area (Å²) in [6, 6.07) is 8.09. The lowest BCUT2D eigenvalue weighted by molar-refractivity contribution is 0.401. The Morgan fingerprint density at radius 1 is 1.24 bits per heavy atom. The minimum atomic E-state index is 0.682. The zero-order chi connectivity index (χ0) is 17.3. The molecule has 134 valence electrons. The number of nitrogens with zero attached hydrogens (tertiary/aromatic N) is 3. The average Bonchev–Trinajstić information content (AvgIpc) is 3.19. The van der Waals surface area contributed by atoms with Gasteiger partial charge in [0, 0.05) is 57.7 Å². The van der Waals surface area contributed by atoms with E-state index in [-0.39, 0.29) is 0 Å². The first kappa shape index (κ1) is 17.3. The van der Waals surface area contributed by atoms with Crippen LogP contribution in [0.2, 0.25) is 0 Å². The molecule has 0 aromatic carbocycles. The number of nitrogens with one attached hydrogen (secondary N) is 2. The fourth-order valence-corrected chi connectivity index (χ4v) is 3.17. The zero-order valence-corrected chi connectivity index (χ0v) is 14.8. The summed E-state index contributed by atoms with van der Waals surface area (Å²) in [7, 11) is 1.81. The Morgan fingerprint density at radius 3 is 2.72 bits per heavy atom. The maximum atomic E-state index is 5.34. The second-order valence-corrected chi connectivity index (χ2v) is 6.35. The average molecular weight is 341 g/mol. The molecular formula is C19H27N5O. The molecule has 25 heavy (non-hydrogen) atoms. The van der Waals surface area contributed by atoms with Crippen molar-refractivity contribution in [1.82, 2.24) is 15.6 Å². The number of furan rings is 1. The summed E-state index contributed by atoms with van der Waals surface area (Å²) < 4.78 is 5.34. The van der Waals surface area contributed by atoms with E-state index in [1.165, 1.54) is 18.5 Å². The number of anilines is 1. The van der Waals surface area contributed by atoms with Crippen molar-refractivity contribution in [3.05, 3.63) is 48.7 Å². The molecule has 0 spiro atoms. The normalized spacial score (nSPS) is 16.0. The first-order valence-electron chi connectivity index (χ1n) is 8.97. The molecule has 0 amide bonds. The highest BCUT2D eigenvalue weighted by molar-refractivity contribution is 5.79. The first-order chi connectivity index (χ1) is 12.3. The Morgan fingerprint density at radius 2 is 2.04 bits per heavy atom. The van der Waals surface area contributed by atoms with Gasteiger partial charge in [-0.25, -0.2) is 0 Å². The van der Waals surface area contributed by atoms with Crippen molar-refractivity contribution in [2.24, 2.45) is 10.9 Å². The molecule has 2 N–H and O–H groups in total. The lowest BCUT2D eigenvalue weighted by Crippen LogP contribution is -2.43. The van der Waals surface area contributed by atoms with E-state index in [1.807, 2.05) is 31.6 Å². The molecule has 0 radical (unpaired) electrons. The Bertz CT molecular complexity index is 633. The van der Waals surface area contributed by atoms with Gasteiger partial charge in [0.2, 0.25) is 0 Å². The van der Waals surface area contributed by atoms with Gasteiger partial charge < -0.3 is 20.0 Å². The van der Waals surface area contributed by atoms with E-state index < -0.39 is 0 Å². The van der Waals surface area contributed by atoms with E-state index in [0.717, 1.165) is 44.3 Å². The molecule has 0 bridgehead atoms. The molecule has 0 aliphatic carbocycles. The molecule has 2 aromatic heterocycles. The number of hydrogen-bond donors (Lipinski definition) is 2. The zero-order valence-electron chi connectivity index (χ0n) is 14.8. The lowest BCUT2D eigenvalue weighted by Gasteiger charge is -2.33. The Kier molecular flexibility index (Phi) is 6.31. The summed E-state index contributed by atoms with van der Waals surface area (Å²) in [4.78, 5) is 10.8. The molecule has 1 saturated heterocycles. The van der Waals surface area contributed by atoms with Crippen molar-refractivity contribution in [2.75, 3.05) is 38.1 Å². The summed E-state index contributed by atoms with van der Waals surface area (Å²) in [5.41, 5.74) is 1.27. The molecule has 2 aromatic rings. The van der Waals surface area contributed by atoms with Crippen LogP contribution in [0.25, 0.3) is 0 Å². The number of piperidine rings is 1. The fourth-order valence-electron chi connectivity index (χ4n) is 3.17. The van der Waals surface area contributed by atoms with Gasteiger partial charge in [0.1, 0.15) is 5.76 Å². The Hall–Kier alpha value is -2.50. The third-order valence-corrected chi connectivity index (χ3v) is 4.67. The van der Waals surface area contributed by atoms with Gasteiger partial charge in [-0.3, -0.25) is 9.98 Å². The molecule has 6 nitrogen and oxygen atoms in total. The SMILES string of the molecule is CN=C(NCCc1ccco1)NCC1CCN(c2ccncc2)CC1. The van der Waals surface area contributed by atoms with Gasteiger partial charge in [-0.05, 0) is 43.0 Å². The summed E-state index contributed by atoms with van der Waals surface area (Å²) in [5.74, 6) is 2.54. The maximum Gasteiger partial charge on any atom is 0.190 e. The highest BCUT2D eigenvalue weighted by Crippen LogP contribution is 2.22. The Labute approximate surface area is 149 Å². The number of pyridine rings is 1. The van der Waals surface area contributed by atoms with Gasteiger partial charge in [-0.1, -0.05) is 0 Å². The molecular weight excluding hydrogens is 314 g/mol. The van der Waals surface area contributed by atoms with Gasteiger partial charge in [0.15, 0.2) is 5.96 Å². The third-order valence-electron chi connectivity index (χ3n) is 4.67. The van der Waals surface area contributed by atoms with Crippen LogP contribution in [0.4, 0.5) is 5.69 Å². The van der Waals surface area contributed by atoms with Gasteiger partial charge in [0.25, 0.3) is 0 Å². The third kappa shape index (κ3) is 5.24. The predicted octanol–water partition coefficient (Wildman–Crippen LogP) is 2.30. The Balaban J connectivity index is 1.35. The molecule has 1 aliphatic heterocycles. The fraction of sp³-hybridized carbons (Fsp3) is 0.474. The van der Waals surface area contributed by atoms with Crippen LogP contribution in [-0.4, -0.2) is 44.2 Å². The summed E-state index contributed by atoms with van der Waals surface area (Å²) in [5, 5.41) is 6.80. The van der Waals surface area contributed by atoms with E-state index in [9.17, 15) is 0 Å². The molecule has 0 atom stereocenters. The van der Waals surface area contributed by atoms with Gasteiger partial charge in [-0.2, -0.15) is 0 Å². The largest absolute Gasteiger partial charge is 0.469 e. The quantitative estimate of drug-likeness (QED) is 0.623. The summed E-state index contributed by atoms with van der Waals surface area (Å²) in [6.45, 7) is 3.97. The minimum Gasteiger partial charge on any atom is -0.469 e. The second kappa shape index (κ2) is 9.11. The number of aliphatic imine (C=N–C) groups is 1. The molecule has 6 heteroatoms. The van der Waals surface area contributed by atoms with Crippen LogP contribution in [0.5, 0.6) is 0 Å². The van der Waals surface area contributed by atoms with Crippen LogP contribution < -0.4 is 15.5 Å². The minimum absolute atomic E-state index is 0.682. The van der Waals surface area contributed by atoms with E-state index in [1.54, 1.807) is 6.26 Å². The van der Waals surface area contributed by atoms with Crippen LogP contribution in [0, 0.1) is 5.92 Å². The van der Waals surface area contributed by atoms with Gasteiger partial charge in [-0.15, -0.1) is 0 Å². The molecule has 0 saturated carbocycles. The smallest absolute Gasteiger partial charge is 0.190 e. The van der Waals surface area contributed by atoms with Crippen LogP contribution in [0.15, 0.2) is 52.3 Å². The summed E-state index contributed by atoms with van der Waals surface area (Å²) in [6.07, 6.45) is 8.68. The molecule has 1 fully saturated rings. The standard InChI is InChI=1S/C19H27N5O/c1-20-19(22-11-6-18-3-2-14-25-18)23-15-16-7-12-24(13-8-16)17-4-9-21-10-5-17/h2-5,9-10,14,16H,6-8,11-13,15H2,1H3,(H2,20,22,23). The van der Waals surface area contributed by atoms with Crippen molar-refractivity contribution < 1.29 is 4.42 Å². The molecule has 3 rings (SSSR count). The first-order valence-corrected chi connectivity index (χ1v) is 8.97. The van der Waals surface area contributed by atoms with E-state index >= 15 is 0 Å². The van der Waals surface area contributed by atoms with Crippen molar-refractivity contribution in [3.63, 3.8) is 0 Å². The highest BCUT2D eigenvalue weighted by atomic mass is 16.3. The van der Waals surface area contributed by atoms with Gasteiger partial charge >= 0.3 is 0 Å². The number of rotatable bonds is 6. The van der Waals surface area contributed by atoms with E-state index in [0.29, 0.717) is 5.92 Å². The van der Waals surface area contributed by atoms with Gasteiger partial charge in [0.05, 0.1) is 6.26 Å². The predicted molar refractivity (Wildman–Crippen MR) is 101 cm³/mol. The molecule has 0 unspecified atom stereocenters. The van der Waals surface area contributed by atoms with Crippen molar-refractivity contribution in [3.8, 4) is 0 Å². The van der Waals surface area contributed by atoms with Crippen LogP contribution >= 0.6 is 0 Å². The summed E-state index contributed by atoms with van der Waals surface area (Å²) >= 11 is 0. The van der Waals surface area contributed by atoms with Crippen LogP contribution in [0.3, 0.4) is 0 Å². The van der Waals surface area contributed by atoms with Crippen LogP contribution in [0.1, 0.15) is 18.6 Å². The second-order valence-electron chi connectivity index (χ2n) is 6.35. The molecule has 3 heterocycles. The lowest BCUT2D eigenvalue weighted by atomic mass is 9.96. The number of guanidine groups is 1. The monoisotopic (exact) mass is 341 g/mol. The highest BCUT2D eigenvalue weighted by Gasteiger charge is 2.19. The van der Waals surface area contributed by atoms with Crippen molar-refractivity contribution in [1.29, 1.82) is 0 Å². The molecule has 1 aliphatic rings. The van der Waals surface area contributed by atoms with Crippen molar-refractivity contribution in [2.45, 2.75) is 19.3 Å². The van der Waals surface area contributed by atoms with Crippen LogP contribution in [-0.2, 0) is 6.42 Å². The topological polar surface area (TPSA) is 65.7 Å². The van der Waals surface area contributed by atoms with Crippen molar-refractivity contribution >= 4 is 11.6 Å². The van der Waals surface area contributed by atoms with E-state index in [2.05, 4.69) is 37.6 Å². The number of aromatic nitrogens is 1. The van der Waals surface area contributed by atoms with E-state index in [4.69, 9.17) is 4.42 Å². The number of hydrogen-bond acceptors (Lipinski definition) is 4.